The van der Waals surface area contributed by atoms with E-state index >= 15 is 0 Å². The molecule has 17 heavy (non-hydrogen) atoms. The van der Waals surface area contributed by atoms with E-state index in [-0.39, 0.29) is 24.1 Å². The minimum atomic E-state index is -3.40. The van der Waals surface area contributed by atoms with Crippen LogP contribution in [0.5, 0.6) is 0 Å². The third-order valence-corrected chi connectivity index (χ3v) is 4.11. The molecule has 1 aromatic rings. The average Bonchev–Trinajstić information content (AvgIpc) is 2.30. The van der Waals surface area contributed by atoms with Crippen LogP contribution in [0, 0.1) is 0 Å². The molecule has 0 heterocycles. The summed E-state index contributed by atoms with van der Waals surface area (Å²) in [6, 6.07) is 5.80. The summed E-state index contributed by atoms with van der Waals surface area (Å²) in [4.78, 5) is 10.8. The van der Waals surface area contributed by atoms with Crippen molar-refractivity contribution in [2.75, 3.05) is 13.2 Å². The van der Waals surface area contributed by atoms with Gasteiger partial charge in [-0.25, -0.2) is 4.79 Å². The van der Waals surface area contributed by atoms with Gasteiger partial charge in [0.25, 0.3) is 0 Å². The van der Waals surface area contributed by atoms with Crippen molar-refractivity contribution in [1.29, 1.82) is 0 Å². The Bertz CT molecular complexity index is 433. The predicted molar refractivity (Wildman–Crippen MR) is 63.9 cm³/mol. The fraction of sp³-hybridized carbons (Fsp3) is 0.364. The van der Waals surface area contributed by atoms with E-state index in [2.05, 4.69) is 0 Å². The third kappa shape index (κ3) is 3.40. The van der Waals surface area contributed by atoms with Gasteiger partial charge in [-0.2, -0.15) is 0 Å². The van der Waals surface area contributed by atoms with E-state index in [1.165, 1.54) is 18.2 Å². The summed E-state index contributed by atoms with van der Waals surface area (Å²) in [6.45, 7) is 3.86. The Labute approximate surface area is 99.9 Å². The monoisotopic (exact) mass is 258 g/mol. The lowest BCUT2D eigenvalue weighted by atomic mass is 10.2. The van der Waals surface area contributed by atoms with Crippen molar-refractivity contribution in [1.82, 2.24) is 0 Å². The van der Waals surface area contributed by atoms with Crippen molar-refractivity contribution in [3.05, 3.63) is 29.8 Å². The molecule has 1 rings (SSSR count). The molecule has 6 heteroatoms. The van der Waals surface area contributed by atoms with Gasteiger partial charge < -0.3 is 14.2 Å². The molecule has 0 aliphatic rings. The summed E-state index contributed by atoms with van der Waals surface area (Å²) in [5.74, 6) is -1.08. The lowest BCUT2D eigenvalue weighted by Gasteiger charge is -2.17. The van der Waals surface area contributed by atoms with Crippen LogP contribution in [-0.4, -0.2) is 24.3 Å². The van der Waals surface area contributed by atoms with Crippen LogP contribution < -0.4 is 5.30 Å². The van der Waals surface area contributed by atoms with Crippen LogP contribution in [0.25, 0.3) is 0 Å². The Balaban J connectivity index is 3.14. The predicted octanol–water partition coefficient (Wildman–Crippen LogP) is 2.28. The number of benzene rings is 1. The molecule has 1 aromatic carbocycles. The van der Waals surface area contributed by atoms with Crippen molar-refractivity contribution in [2.45, 2.75) is 13.8 Å². The minimum Gasteiger partial charge on any atom is -0.478 e. The first-order chi connectivity index (χ1) is 8.03. The van der Waals surface area contributed by atoms with Crippen LogP contribution in [0.4, 0.5) is 0 Å². The molecule has 1 N–H and O–H groups in total. The van der Waals surface area contributed by atoms with Gasteiger partial charge in [-0.3, -0.25) is 4.57 Å². The molecule has 0 bridgehead atoms. The number of carboxylic acid groups (broad SMARTS) is 1. The fourth-order valence-electron chi connectivity index (χ4n) is 1.34. The van der Waals surface area contributed by atoms with E-state index in [9.17, 15) is 9.36 Å². The molecule has 0 saturated heterocycles. The molecule has 0 aliphatic heterocycles. The summed E-state index contributed by atoms with van der Waals surface area (Å²) in [5.41, 5.74) is 0.0575. The molecule has 0 unspecified atom stereocenters. The van der Waals surface area contributed by atoms with Gasteiger partial charge in [0, 0.05) is 0 Å². The van der Waals surface area contributed by atoms with Gasteiger partial charge in [-0.05, 0) is 32.0 Å². The lowest BCUT2D eigenvalue weighted by Crippen LogP contribution is -2.12. The lowest BCUT2D eigenvalue weighted by molar-refractivity contribution is 0.0697. The second-order valence-corrected chi connectivity index (χ2v) is 5.22. The maximum absolute atomic E-state index is 12.4. The number of rotatable bonds is 6. The van der Waals surface area contributed by atoms with Crippen LogP contribution >= 0.6 is 7.60 Å². The van der Waals surface area contributed by atoms with E-state index < -0.39 is 13.6 Å². The molecule has 0 spiro atoms. The standard InChI is InChI=1S/C11H15O5P/c1-3-15-17(14,16-4-2)10-7-5-6-9(8-10)11(12)13/h5-8H,3-4H2,1-2H3,(H,12,13). The zero-order chi connectivity index (χ0) is 12.9. The molecule has 0 saturated carbocycles. The zero-order valence-electron chi connectivity index (χ0n) is 9.75. The van der Waals surface area contributed by atoms with Crippen LogP contribution in [0.15, 0.2) is 24.3 Å². The van der Waals surface area contributed by atoms with Gasteiger partial charge in [0.1, 0.15) is 0 Å². The summed E-state index contributed by atoms with van der Waals surface area (Å²) in [5, 5.41) is 9.13. The van der Waals surface area contributed by atoms with E-state index in [0.29, 0.717) is 0 Å². The number of hydrogen-bond acceptors (Lipinski definition) is 4. The van der Waals surface area contributed by atoms with Crippen molar-refractivity contribution < 1.29 is 23.5 Å². The number of aromatic carboxylic acids is 1. The Morgan fingerprint density at radius 2 is 1.88 bits per heavy atom. The molecular weight excluding hydrogens is 243 g/mol. The Kier molecular flexibility index (Phi) is 4.87. The fourth-order valence-corrected chi connectivity index (χ4v) is 2.95. The highest BCUT2D eigenvalue weighted by Gasteiger charge is 2.27. The molecule has 0 fully saturated rings. The Morgan fingerprint density at radius 1 is 1.29 bits per heavy atom. The van der Waals surface area contributed by atoms with Crippen molar-refractivity contribution in [3.8, 4) is 0 Å². The molecule has 0 atom stereocenters. The molecule has 0 amide bonds. The maximum Gasteiger partial charge on any atom is 0.361 e. The van der Waals surface area contributed by atoms with Crippen LogP contribution in [0.3, 0.4) is 0 Å². The topological polar surface area (TPSA) is 72.8 Å². The van der Waals surface area contributed by atoms with Crippen LogP contribution in [0.1, 0.15) is 24.2 Å². The van der Waals surface area contributed by atoms with Crippen molar-refractivity contribution >= 4 is 18.9 Å². The highest BCUT2D eigenvalue weighted by molar-refractivity contribution is 7.62. The number of carbonyl (C=O) groups is 1. The van der Waals surface area contributed by atoms with E-state index in [4.69, 9.17) is 14.2 Å². The van der Waals surface area contributed by atoms with Gasteiger partial charge in [0.05, 0.1) is 24.1 Å². The normalized spacial score (nSPS) is 11.4. The summed E-state index contributed by atoms with van der Waals surface area (Å²) in [6.07, 6.45) is 0. The van der Waals surface area contributed by atoms with Crippen LogP contribution in [0.2, 0.25) is 0 Å². The first-order valence-electron chi connectivity index (χ1n) is 5.26. The molecule has 0 radical (unpaired) electrons. The highest BCUT2D eigenvalue weighted by atomic mass is 31.2. The van der Waals surface area contributed by atoms with E-state index in [1.807, 2.05) is 0 Å². The van der Waals surface area contributed by atoms with E-state index in [0.717, 1.165) is 0 Å². The number of hydrogen-bond donors (Lipinski definition) is 1. The van der Waals surface area contributed by atoms with Gasteiger partial charge in [0.2, 0.25) is 0 Å². The first kappa shape index (κ1) is 13.9. The number of carboxylic acids is 1. The first-order valence-corrected chi connectivity index (χ1v) is 6.80. The van der Waals surface area contributed by atoms with Gasteiger partial charge in [-0.1, -0.05) is 6.07 Å². The molecular formula is C11H15O5P. The van der Waals surface area contributed by atoms with E-state index in [1.54, 1.807) is 19.9 Å². The second kappa shape index (κ2) is 5.96. The smallest absolute Gasteiger partial charge is 0.361 e. The molecule has 94 valence electrons. The maximum atomic E-state index is 12.4. The summed E-state index contributed by atoms with van der Waals surface area (Å²) < 4.78 is 22.6. The van der Waals surface area contributed by atoms with Gasteiger partial charge >= 0.3 is 13.6 Å². The summed E-state index contributed by atoms with van der Waals surface area (Å²) >= 11 is 0. The SMILES string of the molecule is CCOP(=O)(OCC)c1cccc(C(=O)O)c1. The quantitative estimate of drug-likeness (QED) is 0.792. The second-order valence-electron chi connectivity index (χ2n) is 3.19. The molecule has 0 aromatic heterocycles. The van der Waals surface area contributed by atoms with Crippen molar-refractivity contribution in [2.24, 2.45) is 0 Å². The van der Waals surface area contributed by atoms with Gasteiger partial charge in [-0.15, -0.1) is 0 Å². The third-order valence-electron chi connectivity index (χ3n) is 2.01. The molecule has 0 aliphatic carbocycles. The Hall–Kier alpha value is -1.16. The largest absolute Gasteiger partial charge is 0.478 e. The Morgan fingerprint density at radius 3 is 2.35 bits per heavy atom. The average molecular weight is 258 g/mol. The zero-order valence-corrected chi connectivity index (χ0v) is 10.6. The van der Waals surface area contributed by atoms with Crippen LogP contribution in [-0.2, 0) is 13.6 Å². The molecule has 5 nitrogen and oxygen atoms in total. The highest BCUT2D eigenvalue weighted by Crippen LogP contribution is 2.46. The van der Waals surface area contributed by atoms with Gasteiger partial charge in [0.15, 0.2) is 0 Å². The summed E-state index contributed by atoms with van der Waals surface area (Å²) in [7, 11) is -3.40. The minimum absolute atomic E-state index is 0.0575. The van der Waals surface area contributed by atoms with Crippen molar-refractivity contribution in [3.63, 3.8) is 0 Å².